The van der Waals surface area contributed by atoms with Gasteiger partial charge in [-0.25, -0.2) is 0 Å². The number of rotatable bonds is 2. The second-order valence-electron chi connectivity index (χ2n) is 6.28. The monoisotopic (exact) mass is 260 g/mol. The number of aryl methyl sites for hydroxylation is 1. The molecule has 104 valence electrons. The van der Waals surface area contributed by atoms with E-state index in [1.165, 1.54) is 30.6 Å². The molecule has 1 unspecified atom stereocenters. The molecule has 3 rings (SSSR count). The minimum atomic E-state index is 0.510. The van der Waals surface area contributed by atoms with Gasteiger partial charge in [0.1, 0.15) is 5.75 Å². The van der Waals surface area contributed by atoms with E-state index in [1.54, 1.807) is 7.11 Å². The summed E-state index contributed by atoms with van der Waals surface area (Å²) in [6.07, 6.45) is 2.72. The van der Waals surface area contributed by atoms with Crippen molar-refractivity contribution in [2.75, 3.05) is 31.6 Å². The largest absolute Gasteiger partial charge is 0.495 e. The van der Waals surface area contributed by atoms with Crippen molar-refractivity contribution >= 4 is 5.69 Å². The van der Waals surface area contributed by atoms with Crippen molar-refractivity contribution in [1.29, 1.82) is 0 Å². The molecule has 1 heterocycles. The molecule has 1 saturated carbocycles. The van der Waals surface area contributed by atoms with E-state index in [0.29, 0.717) is 11.5 Å². The van der Waals surface area contributed by atoms with Crippen molar-refractivity contribution in [3.63, 3.8) is 0 Å². The second kappa shape index (κ2) is 4.71. The zero-order chi connectivity index (χ0) is 13.5. The highest BCUT2D eigenvalue weighted by molar-refractivity contribution is 5.61. The van der Waals surface area contributed by atoms with Crippen LogP contribution in [0.2, 0.25) is 0 Å². The molecule has 1 spiro atoms. The summed E-state index contributed by atoms with van der Waals surface area (Å²) in [4.78, 5) is 2.54. The molecule has 0 amide bonds. The van der Waals surface area contributed by atoms with Crippen LogP contribution in [0, 0.1) is 12.3 Å². The van der Waals surface area contributed by atoms with Crippen LogP contribution >= 0.6 is 0 Å². The number of methoxy groups -OCH3 is 1. The lowest BCUT2D eigenvalue weighted by atomic mass is 10.1. The molecule has 0 bridgehead atoms. The van der Waals surface area contributed by atoms with Crippen LogP contribution in [0.1, 0.15) is 25.3 Å². The molecule has 0 aromatic heterocycles. The van der Waals surface area contributed by atoms with Gasteiger partial charge in [-0.3, -0.25) is 0 Å². The summed E-state index contributed by atoms with van der Waals surface area (Å²) < 4.78 is 5.57. The quantitative estimate of drug-likeness (QED) is 0.884. The van der Waals surface area contributed by atoms with Crippen LogP contribution in [0.5, 0.6) is 5.75 Å². The molecular weight excluding hydrogens is 236 g/mol. The molecule has 1 aromatic rings. The number of hydrogen-bond donors (Lipinski definition) is 1. The lowest BCUT2D eigenvalue weighted by molar-refractivity contribution is 0.411. The van der Waals surface area contributed by atoms with E-state index in [0.717, 1.165) is 18.8 Å². The summed E-state index contributed by atoms with van der Waals surface area (Å²) in [6.45, 7) is 7.83. The zero-order valence-electron chi connectivity index (χ0n) is 12.2. The molecule has 1 saturated heterocycles. The predicted molar refractivity (Wildman–Crippen MR) is 79.1 cm³/mol. The fraction of sp³-hybridized carbons (Fsp3) is 0.625. The van der Waals surface area contributed by atoms with Crippen LogP contribution in [0.4, 0.5) is 5.69 Å². The molecule has 3 nitrogen and oxygen atoms in total. The molecule has 1 atom stereocenters. The van der Waals surface area contributed by atoms with E-state index >= 15 is 0 Å². The van der Waals surface area contributed by atoms with Crippen molar-refractivity contribution in [3.05, 3.63) is 23.8 Å². The van der Waals surface area contributed by atoms with Gasteiger partial charge in [-0.05, 0) is 44.4 Å². The maximum Gasteiger partial charge on any atom is 0.142 e. The highest BCUT2D eigenvalue weighted by atomic mass is 16.5. The van der Waals surface area contributed by atoms with E-state index in [-0.39, 0.29) is 0 Å². The molecule has 3 heteroatoms. The number of nitrogens with zero attached hydrogens (tertiary/aromatic N) is 1. The lowest BCUT2D eigenvalue weighted by Crippen LogP contribution is -2.38. The van der Waals surface area contributed by atoms with Gasteiger partial charge in [0.2, 0.25) is 0 Å². The Morgan fingerprint density at radius 2 is 2.16 bits per heavy atom. The van der Waals surface area contributed by atoms with Crippen LogP contribution in [0.15, 0.2) is 18.2 Å². The Bertz CT molecular complexity index is 468. The number of benzene rings is 1. The molecule has 1 aliphatic carbocycles. The van der Waals surface area contributed by atoms with Gasteiger partial charge in [-0.15, -0.1) is 0 Å². The normalized spacial score (nSPS) is 25.2. The van der Waals surface area contributed by atoms with Gasteiger partial charge in [0.25, 0.3) is 0 Å². The average molecular weight is 260 g/mol. The third kappa shape index (κ3) is 2.44. The van der Waals surface area contributed by atoms with Crippen LogP contribution < -0.4 is 15.0 Å². The van der Waals surface area contributed by atoms with Gasteiger partial charge in [0.15, 0.2) is 0 Å². The van der Waals surface area contributed by atoms with Crippen molar-refractivity contribution < 1.29 is 4.74 Å². The van der Waals surface area contributed by atoms with E-state index in [2.05, 4.69) is 42.3 Å². The molecule has 1 aromatic carbocycles. The van der Waals surface area contributed by atoms with Gasteiger partial charge in [0, 0.05) is 31.1 Å². The van der Waals surface area contributed by atoms with Crippen molar-refractivity contribution in [2.24, 2.45) is 5.41 Å². The molecular formula is C16H24N2O. The average Bonchev–Trinajstić information content (AvgIpc) is 3.18. The van der Waals surface area contributed by atoms with Gasteiger partial charge in [0.05, 0.1) is 12.8 Å². The summed E-state index contributed by atoms with van der Waals surface area (Å²) in [5, 5.41) is 3.62. The standard InChI is InChI=1S/C16H24N2O/c1-12-4-5-15(19-3)14(8-12)18-11-16(6-7-16)10-17-9-13(18)2/h4-5,8,13,17H,6-7,9-11H2,1-3H3. The van der Waals surface area contributed by atoms with Crippen molar-refractivity contribution in [2.45, 2.75) is 32.7 Å². The first-order chi connectivity index (χ1) is 9.13. The first-order valence-electron chi connectivity index (χ1n) is 7.26. The molecule has 1 aliphatic heterocycles. The fourth-order valence-electron chi connectivity index (χ4n) is 3.09. The van der Waals surface area contributed by atoms with Gasteiger partial charge < -0.3 is 15.0 Å². The summed E-state index contributed by atoms with van der Waals surface area (Å²) in [7, 11) is 1.77. The SMILES string of the molecule is COc1ccc(C)cc1N1CC2(CC2)CNCC1C. The summed E-state index contributed by atoms with van der Waals surface area (Å²) in [5.74, 6) is 0.996. The number of hydrogen-bond acceptors (Lipinski definition) is 3. The summed E-state index contributed by atoms with van der Waals surface area (Å²) in [5.41, 5.74) is 3.06. The Morgan fingerprint density at radius 3 is 2.84 bits per heavy atom. The zero-order valence-corrected chi connectivity index (χ0v) is 12.2. The molecule has 2 fully saturated rings. The maximum atomic E-state index is 5.57. The minimum Gasteiger partial charge on any atom is -0.495 e. The van der Waals surface area contributed by atoms with Crippen LogP contribution in [0.3, 0.4) is 0 Å². The van der Waals surface area contributed by atoms with Gasteiger partial charge >= 0.3 is 0 Å². The van der Waals surface area contributed by atoms with E-state index < -0.39 is 0 Å². The first-order valence-corrected chi connectivity index (χ1v) is 7.26. The Balaban J connectivity index is 1.95. The summed E-state index contributed by atoms with van der Waals surface area (Å²) in [6, 6.07) is 6.98. The first kappa shape index (κ1) is 12.8. The molecule has 0 radical (unpaired) electrons. The Kier molecular flexibility index (Phi) is 3.17. The fourth-order valence-corrected chi connectivity index (χ4v) is 3.09. The van der Waals surface area contributed by atoms with Crippen LogP contribution in [0.25, 0.3) is 0 Å². The molecule has 2 aliphatic rings. The predicted octanol–water partition coefficient (Wildman–Crippen LogP) is 2.58. The highest BCUT2D eigenvalue weighted by Crippen LogP contribution is 2.48. The maximum absolute atomic E-state index is 5.57. The van der Waals surface area contributed by atoms with Gasteiger partial charge in [-0.2, -0.15) is 0 Å². The van der Waals surface area contributed by atoms with Crippen molar-refractivity contribution in [3.8, 4) is 5.75 Å². The Morgan fingerprint density at radius 1 is 1.37 bits per heavy atom. The van der Waals surface area contributed by atoms with E-state index in [4.69, 9.17) is 4.74 Å². The smallest absolute Gasteiger partial charge is 0.142 e. The number of anilines is 1. The van der Waals surface area contributed by atoms with Crippen molar-refractivity contribution in [1.82, 2.24) is 5.32 Å². The third-order valence-corrected chi connectivity index (χ3v) is 4.58. The van der Waals surface area contributed by atoms with Crippen LogP contribution in [-0.2, 0) is 0 Å². The third-order valence-electron chi connectivity index (χ3n) is 4.58. The number of nitrogens with one attached hydrogen (secondary N) is 1. The minimum absolute atomic E-state index is 0.510. The van der Waals surface area contributed by atoms with E-state index in [9.17, 15) is 0 Å². The molecule has 1 N–H and O–H groups in total. The Hall–Kier alpha value is -1.22. The molecule has 19 heavy (non-hydrogen) atoms. The highest BCUT2D eigenvalue weighted by Gasteiger charge is 2.46. The topological polar surface area (TPSA) is 24.5 Å². The second-order valence-corrected chi connectivity index (χ2v) is 6.28. The Labute approximate surface area is 115 Å². The van der Waals surface area contributed by atoms with Gasteiger partial charge in [-0.1, -0.05) is 6.07 Å². The lowest BCUT2D eigenvalue weighted by Gasteiger charge is -2.32. The van der Waals surface area contributed by atoms with Crippen LogP contribution in [-0.4, -0.2) is 32.8 Å². The summed E-state index contributed by atoms with van der Waals surface area (Å²) >= 11 is 0. The number of ether oxygens (including phenoxy) is 1. The van der Waals surface area contributed by atoms with E-state index in [1.807, 2.05) is 0 Å².